The number of carbonyl (C=O) groups is 2. The van der Waals surface area contributed by atoms with Crippen molar-refractivity contribution in [1.82, 2.24) is 25.2 Å². The zero-order chi connectivity index (χ0) is 19.5. The molecule has 0 spiro atoms. The maximum absolute atomic E-state index is 13.8. The first kappa shape index (κ1) is 17.7. The molecule has 0 bridgehead atoms. The molecule has 1 aliphatic heterocycles. The Morgan fingerprint density at radius 1 is 1.00 bits per heavy atom. The molecule has 4 rings (SSSR count). The van der Waals surface area contributed by atoms with Gasteiger partial charge in [0.2, 0.25) is 0 Å². The Hall–Kier alpha value is -3.69. The van der Waals surface area contributed by atoms with Crippen molar-refractivity contribution in [2.75, 3.05) is 31.5 Å². The van der Waals surface area contributed by atoms with Gasteiger partial charge in [-0.15, -0.1) is 10.2 Å². The van der Waals surface area contributed by atoms with Gasteiger partial charge >= 0.3 is 0 Å². The normalized spacial score (nSPS) is 14.2. The van der Waals surface area contributed by atoms with E-state index in [0.717, 1.165) is 0 Å². The second-order valence-electron chi connectivity index (χ2n) is 6.19. The van der Waals surface area contributed by atoms with Gasteiger partial charge in [-0.05, 0) is 24.3 Å². The number of halogens is 1. The van der Waals surface area contributed by atoms with Crippen LogP contribution in [0.1, 0.15) is 21.0 Å². The summed E-state index contributed by atoms with van der Waals surface area (Å²) in [4.78, 5) is 28.3. The van der Waals surface area contributed by atoms with Crippen molar-refractivity contribution in [1.29, 1.82) is 0 Å². The van der Waals surface area contributed by atoms with Gasteiger partial charge in [0.15, 0.2) is 17.3 Å². The third-order valence-electron chi connectivity index (χ3n) is 4.46. The van der Waals surface area contributed by atoms with E-state index in [1.54, 1.807) is 34.1 Å². The van der Waals surface area contributed by atoms with Crippen LogP contribution in [0.4, 0.5) is 15.9 Å². The van der Waals surface area contributed by atoms with Crippen molar-refractivity contribution in [2.24, 2.45) is 0 Å². The number of rotatable bonds is 4. The molecule has 0 saturated carbocycles. The van der Waals surface area contributed by atoms with Crippen LogP contribution in [0.3, 0.4) is 0 Å². The minimum atomic E-state index is -0.464. The van der Waals surface area contributed by atoms with E-state index in [1.807, 2.05) is 0 Å². The highest BCUT2D eigenvalue weighted by atomic mass is 19.1. The molecule has 144 valence electrons. The summed E-state index contributed by atoms with van der Waals surface area (Å²) in [6, 6.07) is 9.34. The Morgan fingerprint density at radius 2 is 1.71 bits per heavy atom. The van der Waals surface area contributed by atoms with Crippen molar-refractivity contribution >= 4 is 23.3 Å². The smallest absolute Gasteiger partial charge is 0.289 e. The van der Waals surface area contributed by atoms with Gasteiger partial charge < -0.3 is 19.5 Å². The lowest BCUT2D eigenvalue weighted by Gasteiger charge is -2.34. The van der Waals surface area contributed by atoms with Gasteiger partial charge in [0.25, 0.3) is 11.8 Å². The van der Waals surface area contributed by atoms with Crippen molar-refractivity contribution in [3.05, 3.63) is 59.9 Å². The average Bonchev–Trinajstić information content (AvgIpc) is 3.41. The van der Waals surface area contributed by atoms with Crippen LogP contribution in [0.5, 0.6) is 0 Å². The highest BCUT2D eigenvalue weighted by Crippen LogP contribution is 2.21. The molecule has 10 heteroatoms. The van der Waals surface area contributed by atoms with Crippen LogP contribution in [0.25, 0.3) is 0 Å². The molecule has 3 aromatic rings. The number of nitrogens with zero attached hydrogens (tertiary/aromatic N) is 4. The Balaban J connectivity index is 1.42. The van der Waals surface area contributed by atoms with Gasteiger partial charge in [0.05, 0.1) is 12.0 Å². The SMILES string of the molecule is O=C(c1ccco1)N1CCN(C(=O)c2n[nH]nc2Nc2ccccc2F)CC1. The number of amides is 2. The molecule has 9 nitrogen and oxygen atoms in total. The molecule has 0 radical (unpaired) electrons. The van der Waals surface area contributed by atoms with E-state index in [2.05, 4.69) is 20.7 Å². The number of nitrogens with one attached hydrogen (secondary N) is 2. The number of furan rings is 1. The van der Waals surface area contributed by atoms with Crippen LogP contribution in [0.2, 0.25) is 0 Å². The third kappa shape index (κ3) is 3.43. The van der Waals surface area contributed by atoms with Crippen LogP contribution < -0.4 is 5.32 Å². The lowest BCUT2D eigenvalue weighted by atomic mass is 10.2. The van der Waals surface area contributed by atoms with Crippen molar-refractivity contribution in [3.63, 3.8) is 0 Å². The summed E-state index contributed by atoms with van der Waals surface area (Å²) in [6.07, 6.45) is 1.45. The van der Waals surface area contributed by atoms with E-state index in [4.69, 9.17) is 4.42 Å². The number of H-pyrrole nitrogens is 1. The second-order valence-corrected chi connectivity index (χ2v) is 6.19. The van der Waals surface area contributed by atoms with Crippen LogP contribution in [0, 0.1) is 5.82 Å². The molecular weight excluding hydrogens is 367 g/mol. The minimum absolute atomic E-state index is 0.0639. The fourth-order valence-electron chi connectivity index (χ4n) is 2.98. The third-order valence-corrected chi connectivity index (χ3v) is 4.46. The van der Waals surface area contributed by atoms with E-state index in [-0.39, 0.29) is 34.8 Å². The number of aromatic amines is 1. The maximum atomic E-state index is 13.8. The lowest BCUT2D eigenvalue weighted by molar-refractivity contribution is 0.0515. The molecule has 0 atom stereocenters. The molecule has 1 aromatic carbocycles. The molecule has 1 fully saturated rings. The number of hydrogen-bond donors (Lipinski definition) is 2. The Labute approximate surface area is 159 Å². The number of anilines is 2. The largest absolute Gasteiger partial charge is 0.459 e. The molecule has 0 aliphatic carbocycles. The number of para-hydroxylation sites is 1. The predicted octanol–water partition coefficient (Wildman–Crippen LogP) is 1.88. The summed E-state index contributed by atoms with van der Waals surface area (Å²) in [5.74, 6) is -0.607. The molecule has 1 saturated heterocycles. The first-order valence-electron chi connectivity index (χ1n) is 8.68. The van der Waals surface area contributed by atoms with Crippen LogP contribution in [-0.2, 0) is 0 Å². The molecule has 28 heavy (non-hydrogen) atoms. The van der Waals surface area contributed by atoms with Crippen LogP contribution >= 0.6 is 0 Å². The zero-order valence-corrected chi connectivity index (χ0v) is 14.8. The fourth-order valence-corrected chi connectivity index (χ4v) is 2.98. The maximum Gasteiger partial charge on any atom is 0.289 e. The number of piperazine rings is 1. The van der Waals surface area contributed by atoms with E-state index in [0.29, 0.717) is 26.2 Å². The standard InChI is InChI=1S/C18H17FN6O3/c19-12-4-1-2-5-13(12)20-16-15(21-23-22-16)18(27)25-9-7-24(8-10-25)17(26)14-6-3-11-28-14/h1-6,11H,7-10H2,(H2,20,21,22,23). The predicted molar refractivity (Wildman–Crippen MR) is 96.6 cm³/mol. The van der Waals surface area contributed by atoms with E-state index in [9.17, 15) is 14.0 Å². The summed E-state index contributed by atoms with van der Waals surface area (Å²) >= 11 is 0. The van der Waals surface area contributed by atoms with Gasteiger partial charge in [0.1, 0.15) is 5.82 Å². The molecular formula is C18H17FN6O3. The second kappa shape index (κ2) is 7.51. The van der Waals surface area contributed by atoms with Gasteiger partial charge in [-0.25, -0.2) is 4.39 Å². The molecule has 1 aliphatic rings. The highest BCUT2D eigenvalue weighted by Gasteiger charge is 2.29. The Bertz CT molecular complexity index is 979. The quantitative estimate of drug-likeness (QED) is 0.711. The highest BCUT2D eigenvalue weighted by molar-refractivity contribution is 5.97. The van der Waals surface area contributed by atoms with Gasteiger partial charge in [-0.1, -0.05) is 12.1 Å². The molecule has 2 aromatic heterocycles. The minimum Gasteiger partial charge on any atom is -0.459 e. The zero-order valence-electron chi connectivity index (χ0n) is 14.8. The Kier molecular flexibility index (Phi) is 4.75. The van der Waals surface area contributed by atoms with Crippen molar-refractivity contribution < 1.29 is 18.4 Å². The molecule has 3 heterocycles. The monoisotopic (exact) mass is 384 g/mol. The molecule has 2 N–H and O–H groups in total. The first-order valence-corrected chi connectivity index (χ1v) is 8.68. The number of benzene rings is 1. The van der Waals surface area contributed by atoms with Crippen molar-refractivity contribution in [2.45, 2.75) is 0 Å². The fraction of sp³-hybridized carbons (Fsp3) is 0.222. The van der Waals surface area contributed by atoms with Crippen molar-refractivity contribution in [3.8, 4) is 0 Å². The van der Waals surface area contributed by atoms with Gasteiger partial charge in [-0.3, -0.25) is 9.59 Å². The lowest BCUT2D eigenvalue weighted by Crippen LogP contribution is -2.50. The van der Waals surface area contributed by atoms with E-state index in [1.165, 1.54) is 18.4 Å². The summed E-state index contributed by atoms with van der Waals surface area (Å²) in [5, 5.41) is 13.0. The summed E-state index contributed by atoms with van der Waals surface area (Å²) < 4.78 is 19.0. The Morgan fingerprint density at radius 3 is 2.39 bits per heavy atom. The molecule has 2 amide bonds. The summed E-state index contributed by atoms with van der Waals surface area (Å²) in [5.41, 5.74) is 0.258. The van der Waals surface area contributed by atoms with E-state index >= 15 is 0 Å². The number of hydrogen-bond acceptors (Lipinski definition) is 6. The van der Waals surface area contributed by atoms with Gasteiger partial charge in [0, 0.05) is 26.2 Å². The van der Waals surface area contributed by atoms with Crippen LogP contribution in [-0.4, -0.2) is 63.2 Å². The number of aromatic nitrogens is 3. The molecule has 0 unspecified atom stereocenters. The van der Waals surface area contributed by atoms with Gasteiger partial charge in [-0.2, -0.15) is 5.21 Å². The summed E-state index contributed by atoms with van der Waals surface area (Å²) in [7, 11) is 0. The first-order chi connectivity index (χ1) is 13.6. The van der Waals surface area contributed by atoms with E-state index < -0.39 is 5.82 Å². The summed E-state index contributed by atoms with van der Waals surface area (Å²) in [6.45, 7) is 1.44. The number of carbonyl (C=O) groups excluding carboxylic acids is 2. The van der Waals surface area contributed by atoms with Crippen LogP contribution in [0.15, 0.2) is 47.1 Å². The average molecular weight is 384 g/mol. The topological polar surface area (TPSA) is 107 Å².